The molecular weight excluding hydrogens is 602 g/mol. The van der Waals surface area contributed by atoms with Crippen molar-refractivity contribution in [1.82, 2.24) is 24.9 Å². The molecule has 2 fully saturated rings. The maximum absolute atomic E-state index is 13.1. The first-order valence-corrected chi connectivity index (χ1v) is 17.1. The monoisotopic (exact) mass is 643 g/mol. The number of thiophene rings is 1. The number of carbonyl (C=O) groups excluding carboxylic acids is 1. The van der Waals surface area contributed by atoms with E-state index < -0.39 is 5.60 Å². The Bertz CT molecular complexity index is 1730. The fourth-order valence-corrected chi connectivity index (χ4v) is 8.97. The predicted octanol–water partition coefficient (Wildman–Crippen LogP) is 6.41. The molecule has 12 heteroatoms. The van der Waals surface area contributed by atoms with Gasteiger partial charge in [0.2, 0.25) is 0 Å². The van der Waals surface area contributed by atoms with Gasteiger partial charge in [0.05, 0.1) is 23.6 Å². The first kappa shape index (κ1) is 30.7. The summed E-state index contributed by atoms with van der Waals surface area (Å²) in [5.41, 5.74) is 3.36. The largest absolute Gasteiger partial charge is 0.458 e. The zero-order valence-corrected chi connectivity index (χ0v) is 28.2. The van der Waals surface area contributed by atoms with Gasteiger partial charge in [-0.1, -0.05) is 5.16 Å². The summed E-state index contributed by atoms with van der Waals surface area (Å²) in [5.74, 6) is 1.11. The molecule has 5 atom stereocenters. The van der Waals surface area contributed by atoms with Gasteiger partial charge in [-0.3, -0.25) is 4.90 Å². The summed E-state index contributed by atoms with van der Waals surface area (Å²) in [6.45, 7) is 7.63. The number of nitrogens with zero attached hydrogens (tertiary/aromatic N) is 7. The molecule has 1 amide bonds. The van der Waals surface area contributed by atoms with Gasteiger partial charge in [0.25, 0.3) is 0 Å². The number of aryl methyl sites for hydroxylation is 1. The van der Waals surface area contributed by atoms with E-state index in [1.54, 1.807) is 23.9 Å². The maximum Gasteiger partial charge on any atom is 0.410 e. The molecule has 0 N–H and O–H groups in total. The Morgan fingerprint density at radius 3 is 2.80 bits per heavy atom. The summed E-state index contributed by atoms with van der Waals surface area (Å²) in [5, 5.41) is 15.8. The van der Waals surface area contributed by atoms with Crippen LogP contribution in [0.2, 0.25) is 0 Å². The van der Waals surface area contributed by atoms with Gasteiger partial charge in [0.15, 0.2) is 5.76 Å². The number of amides is 1. The van der Waals surface area contributed by atoms with Crippen molar-refractivity contribution in [2.45, 2.75) is 108 Å². The Hall–Kier alpha value is -3.98. The van der Waals surface area contributed by atoms with Crippen molar-refractivity contribution in [1.29, 1.82) is 5.26 Å². The molecular formula is C34H41N7O4S. The van der Waals surface area contributed by atoms with Crippen LogP contribution in [-0.4, -0.2) is 75.2 Å². The maximum atomic E-state index is 13.1. The lowest BCUT2D eigenvalue weighted by atomic mass is 9.62. The molecule has 3 aliphatic carbocycles. The lowest BCUT2D eigenvalue weighted by Gasteiger charge is -2.39. The molecule has 3 aromatic rings. The second-order valence-corrected chi connectivity index (χ2v) is 15.4. The molecule has 1 saturated carbocycles. The molecule has 11 nitrogen and oxygen atoms in total. The molecule has 1 aliphatic heterocycles. The third-order valence-corrected chi connectivity index (χ3v) is 10.8. The lowest BCUT2D eigenvalue weighted by Crippen LogP contribution is -2.48. The molecule has 0 aromatic carbocycles. The SMILES string of the molecule is C[C@H](Oc1nccc(-c2onc3c2CCC[C@@]32CCCc3sc(/N=C/N(C)C)c(C#N)c32)n1)[C@@H]1C[C@@H]2C[C@@H]2N1C(=O)OC(C)(C)C. The van der Waals surface area contributed by atoms with Gasteiger partial charge >= 0.3 is 12.1 Å². The average Bonchev–Trinajstić information content (AvgIpc) is 3.32. The Kier molecular flexibility index (Phi) is 7.58. The highest BCUT2D eigenvalue weighted by atomic mass is 32.1. The van der Waals surface area contributed by atoms with Crippen molar-refractivity contribution in [2.24, 2.45) is 10.9 Å². The van der Waals surface area contributed by atoms with Gasteiger partial charge in [-0.2, -0.15) is 10.2 Å². The van der Waals surface area contributed by atoms with Crippen LogP contribution in [0.15, 0.2) is 21.8 Å². The van der Waals surface area contributed by atoms with Crippen LogP contribution in [0, 0.1) is 17.2 Å². The summed E-state index contributed by atoms with van der Waals surface area (Å²) < 4.78 is 18.1. The van der Waals surface area contributed by atoms with Crippen LogP contribution in [-0.2, 0) is 23.0 Å². The number of nitriles is 1. The molecule has 0 radical (unpaired) electrons. The third-order valence-electron chi connectivity index (χ3n) is 9.69. The fourth-order valence-electron chi connectivity index (χ4n) is 7.74. The lowest BCUT2D eigenvalue weighted by molar-refractivity contribution is 0.00428. The highest BCUT2D eigenvalue weighted by molar-refractivity contribution is 7.16. The zero-order chi connectivity index (χ0) is 32.4. The van der Waals surface area contributed by atoms with Crippen molar-refractivity contribution in [3.05, 3.63) is 39.5 Å². The molecule has 3 aromatic heterocycles. The minimum absolute atomic E-state index is 0.115. The highest BCUT2D eigenvalue weighted by Gasteiger charge is 2.57. The van der Waals surface area contributed by atoms with Crippen LogP contribution in [0.5, 0.6) is 6.01 Å². The Labute approximate surface area is 273 Å². The van der Waals surface area contributed by atoms with Crippen molar-refractivity contribution < 1.29 is 18.8 Å². The molecule has 4 aliphatic rings. The van der Waals surface area contributed by atoms with E-state index in [1.807, 2.05) is 57.7 Å². The van der Waals surface area contributed by atoms with Gasteiger partial charge < -0.3 is 18.9 Å². The number of hydrogen-bond donors (Lipinski definition) is 0. The van der Waals surface area contributed by atoms with Crippen molar-refractivity contribution in [2.75, 3.05) is 14.1 Å². The molecule has 1 saturated heterocycles. The van der Waals surface area contributed by atoms with Gasteiger partial charge in [0.1, 0.15) is 28.5 Å². The van der Waals surface area contributed by atoms with Crippen LogP contribution < -0.4 is 4.74 Å². The molecule has 242 valence electrons. The van der Waals surface area contributed by atoms with Crippen LogP contribution >= 0.6 is 11.3 Å². The van der Waals surface area contributed by atoms with E-state index in [1.165, 1.54) is 4.88 Å². The molecule has 4 heterocycles. The number of ether oxygens (including phenoxy) is 2. The molecule has 7 rings (SSSR count). The number of carbonyl (C=O) groups is 1. The van der Waals surface area contributed by atoms with Crippen LogP contribution in [0.4, 0.5) is 9.80 Å². The van der Waals surface area contributed by atoms with Gasteiger partial charge in [0, 0.05) is 42.2 Å². The number of aromatic nitrogens is 3. The van der Waals surface area contributed by atoms with E-state index in [-0.39, 0.29) is 35.7 Å². The Morgan fingerprint density at radius 2 is 2.07 bits per heavy atom. The molecule has 46 heavy (non-hydrogen) atoms. The Morgan fingerprint density at radius 1 is 1.28 bits per heavy atom. The van der Waals surface area contributed by atoms with E-state index in [4.69, 9.17) is 24.1 Å². The zero-order valence-electron chi connectivity index (χ0n) is 27.4. The van der Waals surface area contributed by atoms with Crippen molar-refractivity contribution >= 4 is 28.8 Å². The van der Waals surface area contributed by atoms with Crippen molar-refractivity contribution in [3.8, 4) is 23.5 Å². The minimum Gasteiger partial charge on any atom is -0.458 e. The second-order valence-electron chi connectivity index (χ2n) is 14.3. The Balaban J connectivity index is 1.17. The predicted molar refractivity (Wildman–Crippen MR) is 174 cm³/mol. The quantitative estimate of drug-likeness (QED) is 0.221. The third kappa shape index (κ3) is 5.32. The normalized spacial score (nSPS) is 25.5. The summed E-state index contributed by atoms with van der Waals surface area (Å²) in [4.78, 5) is 31.9. The van der Waals surface area contributed by atoms with E-state index in [0.29, 0.717) is 22.9 Å². The van der Waals surface area contributed by atoms with E-state index in [0.717, 1.165) is 73.2 Å². The molecule has 0 unspecified atom stereocenters. The second kappa shape index (κ2) is 11.4. The summed E-state index contributed by atoms with van der Waals surface area (Å²) in [6.07, 6.45) is 10.3. The number of aliphatic imine (C=N–C) groups is 1. The number of likely N-dealkylation sites (tertiary alicyclic amines) is 1. The van der Waals surface area contributed by atoms with Crippen LogP contribution in [0.3, 0.4) is 0 Å². The average molecular weight is 644 g/mol. The summed E-state index contributed by atoms with van der Waals surface area (Å²) in [7, 11) is 3.85. The first-order valence-electron chi connectivity index (χ1n) is 16.3. The highest BCUT2D eigenvalue weighted by Crippen LogP contribution is 2.56. The fraction of sp³-hybridized carbons (Fsp3) is 0.588. The number of piperidine rings is 1. The van der Waals surface area contributed by atoms with Gasteiger partial charge in [-0.05, 0) is 96.6 Å². The van der Waals surface area contributed by atoms with Gasteiger partial charge in [-0.25, -0.2) is 14.8 Å². The summed E-state index contributed by atoms with van der Waals surface area (Å²) >= 11 is 1.62. The van der Waals surface area contributed by atoms with Gasteiger partial charge in [-0.15, -0.1) is 11.3 Å². The number of hydrogen-bond acceptors (Lipinski definition) is 10. The number of fused-ring (bicyclic) bond motifs is 5. The van der Waals surface area contributed by atoms with E-state index >= 15 is 0 Å². The summed E-state index contributed by atoms with van der Waals surface area (Å²) in [6, 6.07) is 4.65. The molecule has 0 bridgehead atoms. The smallest absolute Gasteiger partial charge is 0.410 e. The molecule has 1 spiro atoms. The standard InChI is InChI=1S/C34H41N7O4S/c1-19(24-15-20-16-25(20)41(24)32(42)44-33(2,3)4)43-31-36-14-11-23(38-31)28-21-9-7-12-34(29(21)39-45-28)13-8-10-26-27(34)22(17-35)30(46-26)37-18-40(5)6/h11,14,18-20,24-25H,7-10,12-13,15-16H2,1-6H3/b37-18+/t19-,20+,24-,25-,34-/m0/s1. The van der Waals surface area contributed by atoms with E-state index in [9.17, 15) is 10.1 Å². The number of rotatable bonds is 6. The minimum atomic E-state index is -0.563. The first-order chi connectivity index (χ1) is 22.0. The topological polar surface area (TPSA) is 130 Å². The van der Waals surface area contributed by atoms with Crippen molar-refractivity contribution in [3.63, 3.8) is 0 Å². The van der Waals surface area contributed by atoms with Crippen LogP contribution in [0.25, 0.3) is 11.5 Å². The van der Waals surface area contributed by atoms with Crippen LogP contribution in [0.1, 0.15) is 93.5 Å². The van der Waals surface area contributed by atoms with E-state index in [2.05, 4.69) is 16.0 Å².